The molecule has 1 aliphatic heterocycles. The summed E-state index contributed by atoms with van der Waals surface area (Å²) in [7, 11) is 0. The zero-order valence-corrected chi connectivity index (χ0v) is 10.5. The maximum absolute atomic E-state index is 13.6. The summed E-state index contributed by atoms with van der Waals surface area (Å²) < 4.78 is 19.0. The Balaban J connectivity index is 1.85. The zero-order valence-electron chi connectivity index (χ0n) is 10.5. The molecule has 0 aliphatic carbocycles. The van der Waals surface area contributed by atoms with Crippen molar-refractivity contribution >= 4 is 11.6 Å². The van der Waals surface area contributed by atoms with Crippen LogP contribution in [0.1, 0.15) is 11.5 Å². The first kappa shape index (κ1) is 12.5. The van der Waals surface area contributed by atoms with E-state index in [9.17, 15) is 14.3 Å². The SMILES string of the molecule is O=C(Nc1c(O)cccc1F)C1COc2ccccc21. The number of rotatable bonds is 2. The number of halogens is 1. The van der Waals surface area contributed by atoms with Crippen LogP contribution in [0.4, 0.5) is 10.1 Å². The van der Waals surface area contributed by atoms with Crippen molar-refractivity contribution in [3.63, 3.8) is 0 Å². The van der Waals surface area contributed by atoms with Crippen molar-refractivity contribution in [2.45, 2.75) is 5.92 Å². The second-order valence-corrected chi connectivity index (χ2v) is 4.52. The van der Waals surface area contributed by atoms with Gasteiger partial charge < -0.3 is 15.2 Å². The molecular weight excluding hydrogens is 261 g/mol. The highest BCUT2D eigenvalue weighted by Gasteiger charge is 2.30. The summed E-state index contributed by atoms with van der Waals surface area (Å²) in [6.45, 7) is 0.209. The standard InChI is InChI=1S/C15H12FNO3/c16-11-5-3-6-12(18)14(11)17-15(19)10-8-20-13-7-2-1-4-9(10)13/h1-7,10,18H,8H2,(H,17,19). The number of fused-ring (bicyclic) bond motifs is 1. The van der Waals surface area contributed by atoms with E-state index in [1.54, 1.807) is 12.1 Å². The van der Waals surface area contributed by atoms with Gasteiger partial charge in [0.2, 0.25) is 5.91 Å². The molecule has 0 aromatic heterocycles. The van der Waals surface area contributed by atoms with E-state index in [-0.39, 0.29) is 18.0 Å². The minimum absolute atomic E-state index is 0.207. The lowest BCUT2D eigenvalue weighted by Crippen LogP contribution is -2.22. The van der Waals surface area contributed by atoms with Gasteiger partial charge in [-0.3, -0.25) is 4.79 Å². The van der Waals surface area contributed by atoms with Gasteiger partial charge in [-0.05, 0) is 18.2 Å². The van der Waals surface area contributed by atoms with E-state index >= 15 is 0 Å². The van der Waals surface area contributed by atoms with Crippen molar-refractivity contribution in [3.05, 3.63) is 53.8 Å². The Labute approximate surface area is 114 Å². The van der Waals surface area contributed by atoms with Crippen molar-refractivity contribution in [3.8, 4) is 11.5 Å². The van der Waals surface area contributed by atoms with Crippen molar-refractivity contribution in [1.82, 2.24) is 0 Å². The van der Waals surface area contributed by atoms with Crippen LogP contribution in [-0.4, -0.2) is 17.6 Å². The van der Waals surface area contributed by atoms with Crippen LogP contribution in [-0.2, 0) is 4.79 Å². The smallest absolute Gasteiger partial charge is 0.235 e. The van der Waals surface area contributed by atoms with Crippen LogP contribution < -0.4 is 10.1 Å². The molecule has 102 valence electrons. The fraction of sp³-hybridized carbons (Fsp3) is 0.133. The molecule has 0 radical (unpaired) electrons. The average molecular weight is 273 g/mol. The largest absolute Gasteiger partial charge is 0.506 e. The summed E-state index contributed by atoms with van der Waals surface area (Å²) in [5.74, 6) is -1.23. The Bertz CT molecular complexity index is 652. The van der Waals surface area contributed by atoms with E-state index in [0.717, 1.165) is 5.56 Å². The van der Waals surface area contributed by atoms with Gasteiger partial charge in [0, 0.05) is 5.56 Å². The predicted octanol–water partition coefficient (Wildman–Crippen LogP) is 2.65. The summed E-state index contributed by atoms with van der Waals surface area (Å²) in [4.78, 5) is 12.2. The van der Waals surface area contributed by atoms with Crippen LogP contribution >= 0.6 is 0 Å². The van der Waals surface area contributed by atoms with Crippen molar-refractivity contribution in [2.75, 3.05) is 11.9 Å². The molecule has 2 aromatic carbocycles. The number of ether oxygens (including phenoxy) is 1. The highest BCUT2D eigenvalue weighted by atomic mass is 19.1. The molecule has 1 atom stereocenters. The molecule has 1 amide bonds. The number of benzene rings is 2. The molecular formula is C15H12FNO3. The van der Waals surface area contributed by atoms with Gasteiger partial charge in [-0.25, -0.2) is 4.39 Å². The number of hydrogen-bond donors (Lipinski definition) is 2. The van der Waals surface area contributed by atoms with E-state index in [4.69, 9.17) is 4.74 Å². The highest BCUT2D eigenvalue weighted by molar-refractivity contribution is 5.98. The number of para-hydroxylation sites is 2. The summed E-state index contributed by atoms with van der Waals surface area (Å²) in [5.41, 5.74) is 0.558. The quantitative estimate of drug-likeness (QED) is 0.827. The molecule has 4 nitrogen and oxygen atoms in total. The first-order valence-electron chi connectivity index (χ1n) is 6.17. The van der Waals surface area contributed by atoms with Gasteiger partial charge in [-0.1, -0.05) is 24.3 Å². The van der Waals surface area contributed by atoms with Crippen LogP contribution in [0.2, 0.25) is 0 Å². The molecule has 1 heterocycles. The molecule has 20 heavy (non-hydrogen) atoms. The van der Waals surface area contributed by atoms with Crippen LogP contribution in [0.25, 0.3) is 0 Å². The zero-order chi connectivity index (χ0) is 14.1. The number of phenolic OH excluding ortho intramolecular Hbond substituents is 1. The van der Waals surface area contributed by atoms with Gasteiger partial charge >= 0.3 is 0 Å². The molecule has 1 aliphatic rings. The monoisotopic (exact) mass is 273 g/mol. The number of phenols is 1. The number of hydrogen-bond acceptors (Lipinski definition) is 3. The van der Waals surface area contributed by atoms with Gasteiger partial charge in [0.05, 0.1) is 0 Å². The highest BCUT2D eigenvalue weighted by Crippen LogP contribution is 2.35. The third-order valence-corrected chi connectivity index (χ3v) is 3.26. The van der Waals surface area contributed by atoms with Crippen LogP contribution in [0.15, 0.2) is 42.5 Å². The van der Waals surface area contributed by atoms with Crippen LogP contribution in [0.3, 0.4) is 0 Å². The van der Waals surface area contributed by atoms with Gasteiger partial charge in [0.1, 0.15) is 29.7 Å². The summed E-state index contributed by atoms with van der Waals surface area (Å²) in [6, 6.07) is 11.1. The maximum Gasteiger partial charge on any atom is 0.235 e. The number of anilines is 1. The van der Waals surface area contributed by atoms with Crippen LogP contribution in [0.5, 0.6) is 11.5 Å². The number of carbonyl (C=O) groups excluding carboxylic acids is 1. The van der Waals surface area contributed by atoms with Gasteiger partial charge in [0.25, 0.3) is 0 Å². The Morgan fingerprint density at radius 3 is 2.85 bits per heavy atom. The lowest BCUT2D eigenvalue weighted by molar-refractivity contribution is -0.117. The molecule has 1 unspecified atom stereocenters. The molecule has 0 bridgehead atoms. The van der Waals surface area contributed by atoms with Gasteiger partial charge in [-0.2, -0.15) is 0 Å². The second kappa shape index (κ2) is 4.85. The summed E-state index contributed by atoms with van der Waals surface area (Å²) >= 11 is 0. The third-order valence-electron chi connectivity index (χ3n) is 3.26. The van der Waals surface area contributed by atoms with Gasteiger partial charge in [0.15, 0.2) is 5.82 Å². The fourth-order valence-corrected chi connectivity index (χ4v) is 2.23. The Morgan fingerprint density at radius 1 is 1.25 bits per heavy atom. The first-order valence-corrected chi connectivity index (χ1v) is 6.17. The Hall–Kier alpha value is -2.56. The third kappa shape index (κ3) is 2.07. The number of nitrogens with one attached hydrogen (secondary N) is 1. The molecule has 5 heteroatoms. The van der Waals surface area contributed by atoms with Crippen molar-refractivity contribution < 1.29 is 19.0 Å². The lowest BCUT2D eigenvalue weighted by atomic mass is 10.0. The number of aromatic hydroxyl groups is 1. The van der Waals surface area contributed by atoms with Crippen LogP contribution in [0, 0.1) is 5.82 Å². The molecule has 2 N–H and O–H groups in total. The van der Waals surface area contributed by atoms with Gasteiger partial charge in [-0.15, -0.1) is 0 Å². The average Bonchev–Trinajstić information content (AvgIpc) is 2.87. The fourth-order valence-electron chi connectivity index (χ4n) is 2.23. The maximum atomic E-state index is 13.6. The van der Waals surface area contributed by atoms with Crippen molar-refractivity contribution in [1.29, 1.82) is 0 Å². The number of amides is 1. The summed E-state index contributed by atoms with van der Waals surface area (Å²) in [6.07, 6.45) is 0. The van der Waals surface area contributed by atoms with Crippen molar-refractivity contribution in [2.24, 2.45) is 0 Å². The Kier molecular flexibility index (Phi) is 3.02. The second-order valence-electron chi connectivity index (χ2n) is 4.52. The predicted molar refractivity (Wildman–Crippen MR) is 71.4 cm³/mol. The summed E-state index contributed by atoms with van der Waals surface area (Å²) in [5, 5.41) is 12.0. The topological polar surface area (TPSA) is 58.6 Å². The van der Waals surface area contributed by atoms with E-state index in [2.05, 4.69) is 5.32 Å². The van der Waals surface area contributed by atoms with E-state index < -0.39 is 17.6 Å². The molecule has 0 saturated carbocycles. The minimum Gasteiger partial charge on any atom is -0.506 e. The number of carbonyl (C=O) groups is 1. The molecule has 2 aromatic rings. The molecule has 3 rings (SSSR count). The molecule has 0 saturated heterocycles. The molecule has 0 spiro atoms. The van der Waals surface area contributed by atoms with E-state index in [1.165, 1.54) is 18.2 Å². The lowest BCUT2D eigenvalue weighted by Gasteiger charge is -2.12. The minimum atomic E-state index is -0.675. The normalized spacial score (nSPS) is 16.4. The Morgan fingerprint density at radius 2 is 2.05 bits per heavy atom. The van der Waals surface area contributed by atoms with E-state index in [1.807, 2.05) is 12.1 Å². The van der Waals surface area contributed by atoms with E-state index in [0.29, 0.717) is 5.75 Å². The molecule has 0 fully saturated rings. The first-order chi connectivity index (χ1) is 9.66.